The van der Waals surface area contributed by atoms with Crippen LogP contribution in [0, 0.1) is 10.1 Å². The Hall–Kier alpha value is -3.44. The van der Waals surface area contributed by atoms with E-state index in [0.29, 0.717) is 32.6 Å². The fraction of sp³-hybridized carbons (Fsp3) is 0.533. The van der Waals surface area contributed by atoms with Gasteiger partial charge in [0, 0.05) is 19.0 Å². The molecule has 0 fully saturated rings. The Morgan fingerprint density at radius 2 is 1.80 bits per heavy atom. The van der Waals surface area contributed by atoms with Crippen molar-refractivity contribution < 1.29 is 33.1 Å². The first-order valence-electron chi connectivity index (χ1n) is 14.0. The summed E-state index contributed by atoms with van der Waals surface area (Å²) in [6.07, 6.45) is 1.10. The lowest BCUT2D eigenvalue weighted by atomic mass is 9.93. The molecule has 11 heteroatoms. The molecule has 3 rings (SSSR count). The zero-order valence-electron chi connectivity index (χ0n) is 25.2. The Balaban J connectivity index is 1.91. The number of nitrogens with zero attached hydrogens (tertiary/aromatic N) is 2. The van der Waals surface area contributed by atoms with E-state index in [1.54, 1.807) is 11.8 Å². The van der Waals surface area contributed by atoms with E-state index in [4.69, 9.17) is 18.6 Å². The Bertz CT molecular complexity index is 1260. The van der Waals surface area contributed by atoms with Gasteiger partial charge in [0.15, 0.2) is 19.8 Å². The smallest absolute Gasteiger partial charge is 0.305 e. The second kappa shape index (κ2) is 13.5. The topological polar surface area (TPSA) is 117 Å². The van der Waals surface area contributed by atoms with Crippen molar-refractivity contribution in [1.29, 1.82) is 0 Å². The summed E-state index contributed by atoms with van der Waals surface area (Å²) in [6, 6.07) is 10.2. The molecular weight excluding hydrogens is 544 g/mol. The summed E-state index contributed by atoms with van der Waals surface area (Å²) in [5, 5.41) is 12.2. The second-order valence-electron chi connectivity index (χ2n) is 11.7. The van der Waals surface area contributed by atoms with Crippen LogP contribution >= 0.6 is 0 Å². The first-order chi connectivity index (χ1) is 19.3. The molecule has 1 heterocycles. The van der Waals surface area contributed by atoms with Crippen molar-refractivity contribution in [1.82, 2.24) is 4.90 Å². The van der Waals surface area contributed by atoms with Gasteiger partial charge in [-0.25, -0.2) is 0 Å². The average Bonchev–Trinajstić information content (AvgIpc) is 2.92. The molecule has 2 aromatic rings. The van der Waals surface area contributed by atoms with E-state index in [0.717, 1.165) is 11.1 Å². The molecule has 0 N–H and O–H groups in total. The Morgan fingerprint density at radius 1 is 1.12 bits per heavy atom. The number of rotatable bonds is 12. The first-order valence-corrected chi connectivity index (χ1v) is 16.9. The third-order valence-corrected chi connectivity index (χ3v) is 12.4. The fourth-order valence-corrected chi connectivity index (χ4v) is 5.47. The summed E-state index contributed by atoms with van der Waals surface area (Å²) < 4.78 is 22.6. The van der Waals surface area contributed by atoms with Gasteiger partial charge in [0.25, 0.3) is 11.6 Å². The number of benzene rings is 2. The third kappa shape index (κ3) is 7.85. The van der Waals surface area contributed by atoms with Crippen molar-refractivity contribution in [2.24, 2.45) is 0 Å². The Kier molecular flexibility index (Phi) is 10.5. The molecule has 1 atom stereocenters. The molecule has 10 nitrogen and oxygen atoms in total. The second-order valence-corrected chi connectivity index (χ2v) is 16.5. The van der Waals surface area contributed by atoms with Crippen molar-refractivity contribution in [3.63, 3.8) is 0 Å². The fourth-order valence-electron chi connectivity index (χ4n) is 4.43. The van der Waals surface area contributed by atoms with Crippen molar-refractivity contribution in [3.8, 4) is 11.5 Å². The Labute approximate surface area is 243 Å². The van der Waals surface area contributed by atoms with E-state index in [-0.39, 0.29) is 52.8 Å². The van der Waals surface area contributed by atoms with Crippen LogP contribution in [0.4, 0.5) is 5.69 Å². The lowest BCUT2D eigenvalue weighted by Crippen LogP contribution is -2.50. The van der Waals surface area contributed by atoms with Gasteiger partial charge < -0.3 is 23.5 Å². The molecular formula is C30H42N2O8Si. The Morgan fingerprint density at radius 3 is 2.41 bits per heavy atom. The van der Waals surface area contributed by atoms with Crippen LogP contribution in [0.3, 0.4) is 0 Å². The highest BCUT2D eigenvalue weighted by molar-refractivity contribution is 6.74. The SMILES string of the molecule is CCOC(=O)CCCOc1cc([N+](=O)[O-])c(C(=O)N2Cc3ccccc3C[C@H]2CO[Si](C)(C)C(C)(C)C)cc1OC. The monoisotopic (exact) mass is 586 g/mol. The summed E-state index contributed by atoms with van der Waals surface area (Å²) in [5.41, 5.74) is 1.68. The molecule has 1 amide bonds. The molecule has 0 radical (unpaired) electrons. The van der Waals surface area contributed by atoms with Gasteiger partial charge in [-0.15, -0.1) is 0 Å². The van der Waals surface area contributed by atoms with Gasteiger partial charge in [-0.3, -0.25) is 19.7 Å². The van der Waals surface area contributed by atoms with Crippen molar-refractivity contribution in [3.05, 3.63) is 63.2 Å². The molecule has 1 aliphatic rings. The maximum Gasteiger partial charge on any atom is 0.305 e. The number of esters is 1. The maximum atomic E-state index is 14.1. The summed E-state index contributed by atoms with van der Waals surface area (Å²) in [6.45, 7) is 13.6. The predicted molar refractivity (Wildman–Crippen MR) is 158 cm³/mol. The number of ether oxygens (including phenoxy) is 3. The zero-order valence-corrected chi connectivity index (χ0v) is 26.2. The van der Waals surface area contributed by atoms with Crippen LogP contribution in [0.5, 0.6) is 11.5 Å². The van der Waals surface area contributed by atoms with Gasteiger partial charge in [0.05, 0.1) is 44.0 Å². The van der Waals surface area contributed by atoms with Crippen molar-refractivity contribution in [2.75, 3.05) is 26.9 Å². The van der Waals surface area contributed by atoms with Crippen LogP contribution in [0.25, 0.3) is 0 Å². The van der Waals surface area contributed by atoms with Gasteiger partial charge in [-0.1, -0.05) is 45.0 Å². The molecule has 0 unspecified atom stereocenters. The minimum absolute atomic E-state index is 0.00723. The molecule has 224 valence electrons. The maximum absolute atomic E-state index is 14.1. The largest absolute Gasteiger partial charge is 0.493 e. The molecule has 1 aliphatic heterocycles. The highest BCUT2D eigenvalue weighted by Gasteiger charge is 2.40. The van der Waals surface area contributed by atoms with E-state index in [1.165, 1.54) is 19.2 Å². The molecule has 2 aromatic carbocycles. The minimum Gasteiger partial charge on any atom is -0.493 e. The van der Waals surface area contributed by atoms with Crippen LogP contribution in [0.2, 0.25) is 18.1 Å². The third-order valence-electron chi connectivity index (χ3n) is 7.86. The van der Waals surface area contributed by atoms with Crippen molar-refractivity contribution >= 4 is 25.9 Å². The van der Waals surface area contributed by atoms with Crippen LogP contribution in [-0.2, 0) is 26.9 Å². The lowest BCUT2D eigenvalue weighted by molar-refractivity contribution is -0.385. The van der Waals surface area contributed by atoms with E-state index < -0.39 is 19.1 Å². The molecule has 0 aromatic heterocycles. The molecule has 0 bridgehead atoms. The van der Waals surface area contributed by atoms with Gasteiger partial charge in [0.2, 0.25) is 0 Å². The van der Waals surface area contributed by atoms with Gasteiger partial charge in [-0.2, -0.15) is 0 Å². The van der Waals surface area contributed by atoms with Crippen LogP contribution < -0.4 is 9.47 Å². The summed E-state index contributed by atoms with van der Waals surface area (Å²) in [7, 11) is -0.704. The normalized spacial score (nSPS) is 15.2. The van der Waals surface area contributed by atoms with Crippen LogP contribution in [0.15, 0.2) is 36.4 Å². The predicted octanol–water partition coefficient (Wildman–Crippen LogP) is 5.91. The first kappa shape index (κ1) is 32.1. The van der Waals surface area contributed by atoms with Gasteiger partial charge in [0.1, 0.15) is 5.56 Å². The summed E-state index contributed by atoms with van der Waals surface area (Å²) >= 11 is 0. The number of carbonyl (C=O) groups is 2. The quantitative estimate of drug-likeness (QED) is 0.0990. The summed E-state index contributed by atoms with van der Waals surface area (Å²) in [4.78, 5) is 38.9. The standard InChI is InChI=1S/C30H42N2O8Si/c1-8-38-28(33)14-11-15-39-27-18-25(32(35)36)24(17-26(27)37-5)29(34)31-19-22-13-10-9-12-21(22)16-23(31)20-40-41(6,7)30(2,3)4/h9-10,12-13,17-18,23H,8,11,14-16,19-20H2,1-7H3/t23-/m0/s1. The minimum atomic E-state index is -2.11. The lowest BCUT2D eigenvalue weighted by Gasteiger charge is -2.41. The van der Waals surface area contributed by atoms with Gasteiger partial charge in [-0.05, 0) is 49.0 Å². The van der Waals surface area contributed by atoms with Crippen LogP contribution in [-0.4, -0.2) is 63.0 Å². The van der Waals surface area contributed by atoms with E-state index >= 15 is 0 Å². The number of nitro benzene ring substituents is 1. The number of methoxy groups -OCH3 is 1. The number of fused-ring (bicyclic) bond motifs is 1. The van der Waals surface area contributed by atoms with E-state index in [2.05, 4.69) is 39.9 Å². The number of nitro groups is 1. The van der Waals surface area contributed by atoms with Crippen molar-refractivity contribution in [2.45, 2.75) is 77.7 Å². The highest BCUT2D eigenvalue weighted by Crippen LogP contribution is 2.39. The number of hydrogen-bond acceptors (Lipinski definition) is 8. The summed E-state index contributed by atoms with van der Waals surface area (Å²) in [5.74, 6) is -0.490. The average molecular weight is 587 g/mol. The molecule has 0 aliphatic carbocycles. The van der Waals surface area contributed by atoms with E-state index in [1.807, 2.05) is 18.2 Å². The van der Waals surface area contributed by atoms with E-state index in [9.17, 15) is 19.7 Å². The molecule has 0 spiro atoms. The number of amides is 1. The molecule has 0 saturated heterocycles. The zero-order chi connectivity index (χ0) is 30.4. The molecule has 0 saturated carbocycles. The highest BCUT2D eigenvalue weighted by atomic mass is 28.4. The molecule has 41 heavy (non-hydrogen) atoms. The van der Waals surface area contributed by atoms with Crippen LogP contribution in [0.1, 0.15) is 62.0 Å². The van der Waals surface area contributed by atoms with Gasteiger partial charge >= 0.3 is 5.97 Å². The number of carbonyl (C=O) groups excluding carboxylic acids is 2. The number of hydrogen-bond donors (Lipinski definition) is 0.